The Kier molecular flexibility index (Phi) is 5.22. The van der Waals surface area contributed by atoms with Crippen molar-refractivity contribution in [2.75, 3.05) is 32.5 Å². The lowest BCUT2D eigenvalue weighted by molar-refractivity contribution is 0.158. The summed E-state index contributed by atoms with van der Waals surface area (Å²) in [6.07, 6.45) is 1.81. The Morgan fingerprint density at radius 2 is 1.86 bits per heavy atom. The zero-order valence-corrected chi connectivity index (χ0v) is 14.1. The van der Waals surface area contributed by atoms with Crippen LogP contribution in [0.5, 0.6) is 0 Å². The predicted octanol–water partition coefficient (Wildman–Crippen LogP) is 3.86. The van der Waals surface area contributed by atoms with Crippen LogP contribution in [0.15, 0.2) is 12.1 Å². The maximum absolute atomic E-state index is 11.9. The van der Waals surface area contributed by atoms with Gasteiger partial charge in [-0.1, -0.05) is 23.2 Å². The zero-order valence-electron chi connectivity index (χ0n) is 12.6. The zero-order chi connectivity index (χ0) is 15.6. The molecule has 2 rings (SSSR count). The van der Waals surface area contributed by atoms with Crippen molar-refractivity contribution >= 4 is 34.9 Å². The average molecular weight is 330 g/mol. The van der Waals surface area contributed by atoms with Crippen molar-refractivity contribution < 1.29 is 4.79 Å². The topological polar surface area (TPSA) is 35.6 Å². The highest BCUT2D eigenvalue weighted by molar-refractivity contribution is 6.35. The van der Waals surface area contributed by atoms with Gasteiger partial charge >= 0.3 is 6.03 Å². The Bertz CT molecular complexity index is 526. The highest BCUT2D eigenvalue weighted by atomic mass is 35.5. The van der Waals surface area contributed by atoms with Crippen molar-refractivity contribution in [1.82, 2.24) is 9.80 Å². The molecule has 1 aliphatic rings. The van der Waals surface area contributed by atoms with Crippen molar-refractivity contribution in [2.45, 2.75) is 25.8 Å². The molecule has 0 spiro atoms. The Morgan fingerprint density at radius 3 is 2.43 bits per heavy atom. The number of hydrogen-bond acceptors (Lipinski definition) is 2. The highest BCUT2D eigenvalue weighted by Crippen LogP contribution is 2.30. The fourth-order valence-electron chi connectivity index (χ4n) is 2.47. The summed E-state index contributed by atoms with van der Waals surface area (Å²) in [5.74, 6) is 0. The second-order valence-electron chi connectivity index (χ2n) is 5.66. The largest absolute Gasteiger partial charge is 0.381 e. The van der Waals surface area contributed by atoms with Gasteiger partial charge < -0.3 is 15.1 Å². The molecule has 1 heterocycles. The number of amides is 2. The summed E-state index contributed by atoms with van der Waals surface area (Å²) in [6.45, 7) is 3.45. The molecule has 1 aromatic rings. The van der Waals surface area contributed by atoms with Crippen LogP contribution < -0.4 is 5.32 Å². The first-order chi connectivity index (χ1) is 9.88. The summed E-state index contributed by atoms with van der Waals surface area (Å²) in [5, 5.41) is 4.83. The summed E-state index contributed by atoms with van der Waals surface area (Å²) in [7, 11) is 3.56. The van der Waals surface area contributed by atoms with E-state index in [4.69, 9.17) is 23.2 Å². The number of nitrogens with one attached hydrogen (secondary N) is 1. The van der Waals surface area contributed by atoms with E-state index in [0.29, 0.717) is 16.1 Å². The van der Waals surface area contributed by atoms with Crippen LogP contribution in [-0.4, -0.2) is 49.1 Å². The molecule has 1 saturated heterocycles. The molecule has 1 fully saturated rings. The minimum Gasteiger partial charge on any atom is -0.381 e. The summed E-state index contributed by atoms with van der Waals surface area (Å²) >= 11 is 12.4. The molecule has 4 nitrogen and oxygen atoms in total. The van der Waals surface area contributed by atoms with E-state index in [1.165, 1.54) is 0 Å². The van der Waals surface area contributed by atoms with Gasteiger partial charge in [-0.05, 0) is 37.5 Å². The Balaban J connectivity index is 1.95. The molecule has 0 bridgehead atoms. The van der Waals surface area contributed by atoms with Crippen molar-refractivity contribution in [3.8, 4) is 0 Å². The van der Waals surface area contributed by atoms with Crippen LogP contribution in [0, 0.1) is 6.92 Å². The quantitative estimate of drug-likeness (QED) is 0.894. The lowest BCUT2D eigenvalue weighted by Gasteiger charge is -2.34. The van der Waals surface area contributed by atoms with E-state index < -0.39 is 0 Å². The third kappa shape index (κ3) is 3.95. The molecule has 0 unspecified atom stereocenters. The van der Waals surface area contributed by atoms with E-state index >= 15 is 0 Å². The fraction of sp³-hybridized carbons (Fsp3) is 0.533. The number of urea groups is 1. The first-order valence-electron chi connectivity index (χ1n) is 7.07. The number of rotatable bonds is 2. The van der Waals surface area contributed by atoms with Crippen LogP contribution >= 0.6 is 23.2 Å². The normalized spacial score (nSPS) is 16.0. The van der Waals surface area contributed by atoms with E-state index in [2.05, 4.69) is 5.32 Å². The van der Waals surface area contributed by atoms with E-state index in [1.807, 2.05) is 24.0 Å². The van der Waals surface area contributed by atoms with Gasteiger partial charge in [0.2, 0.25) is 0 Å². The van der Waals surface area contributed by atoms with Gasteiger partial charge in [0.25, 0.3) is 0 Å². The van der Waals surface area contributed by atoms with Crippen molar-refractivity contribution in [2.24, 2.45) is 0 Å². The number of benzene rings is 1. The third-order valence-corrected chi connectivity index (χ3v) is 4.48. The van der Waals surface area contributed by atoms with Gasteiger partial charge in [-0.3, -0.25) is 0 Å². The number of anilines is 1. The second kappa shape index (κ2) is 6.75. The van der Waals surface area contributed by atoms with Gasteiger partial charge in [0.1, 0.15) is 0 Å². The molecule has 6 heteroatoms. The molecule has 2 amide bonds. The van der Waals surface area contributed by atoms with Gasteiger partial charge in [-0.15, -0.1) is 0 Å². The molecule has 0 aliphatic carbocycles. The average Bonchev–Trinajstić information content (AvgIpc) is 2.44. The molecule has 116 valence electrons. The maximum atomic E-state index is 11.9. The van der Waals surface area contributed by atoms with Crippen LogP contribution in [0.2, 0.25) is 10.0 Å². The van der Waals surface area contributed by atoms with Crippen LogP contribution in [0.25, 0.3) is 0 Å². The van der Waals surface area contributed by atoms with Crippen LogP contribution in [0.4, 0.5) is 10.5 Å². The van der Waals surface area contributed by atoms with Gasteiger partial charge in [0.15, 0.2) is 0 Å². The number of carbonyl (C=O) groups is 1. The number of halogens is 2. The Hall–Kier alpha value is -1.13. The lowest BCUT2D eigenvalue weighted by Crippen LogP contribution is -2.46. The fourth-order valence-corrected chi connectivity index (χ4v) is 2.91. The number of likely N-dealkylation sites (tertiary alicyclic amines) is 1. The van der Waals surface area contributed by atoms with Crippen LogP contribution in [0.3, 0.4) is 0 Å². The molecular weight excluding hydrogens is 309 g/mol. The number of carbonyl (C=O) groups excluding carboxylic acids is 1. The number of aryl methyl sites for hydroxylation is 1. The SMILES string of the molecule is Cc1cc(Cl)c(NC2CCN(C(=O)N(C)C)CC2)cc1Cl. The number of nitrogens with zero attached hydrogens (tertiary/aromatic N) is 2. The van der Waals surface area contributed by atoms with Crippen LogP contribution in [0.1, 0.15) is 18.4 Å². The van der Waals surface area contributed by atoms with Gasteiger partial charge in [0, 0.05) is 38.2 Å². The standard InChI is InChI=1S/C15H21Cl2N3O/c1-10-8-13(17)14(9-12(10)16)18-11-4-6-20(7-5-11)15(21)19(2)3/h8-9,11,18H,4-7H2,1-3H3. The lowest BCUT2D eigenvalue weighted by atomic mass is 10.0. The third-order valence-electron chi connectivity index (χ3n) is 3.76. The molecular formula is C15H21Cl2N3O. The molecule has 1 aromatic carbocycles. The summed E-state index contributed by atoms with van der Waals surface area (Å²) in [5.41, 5.74) is 1.84. The summed E-state index contributed by atoms with van der Waals surface area (Å²) < 4.78 is 0. The monoisotopic (exact) mass is 329 g/mol. The van der Waals surface area contributed by atoms with Crippen molar-refractivity contribution in [1.29, 1.82) is 0 Å². The minimum absolute atomic E-state index is 0.0739. The van der Waals surface area contributed by atoms with E-state index in [1.54, 1.807) is 19.0 Å². The molecule has 1 N–H and O–H groups in total. The molecule has 0 radical (unpaired) electrons. The molecule has 0 aromatic heterocycles. The van der Waals surface area contributed by atoms with Gasteiger partial charge in [-0.25, -0.2) is 4.79 Å². The molecule has 1 aliphatic heterocycles. The summed E-state index contributed by atoms with van der Waals surface area (Å²) in [4.78, 5) is 15.4. The predicted molar refractivity (Wildman–Crippen MR) is 88.5 cm³/mol. The van der Waals surface area contributed by atoms with Crippen LogP contribution in [-0.2, 0) is 0 Å². The highest BCUT2D eigenvalue weighted by Gasteiger charge is 2.24. The summed E-state index contributed by atoms with van der Waals surface area (Å²) in [6, 6.07) is 4.13. The molecule has 0 saturated carbocycles. The Labute approximate surface area is 136 Å². The van der Waals surface area contributed by atoms with E-state index in [9.17, 15) is 4.79 Å². The van der Waals surface area contributed by atoms with Crippen molar-refractivity contribution in [3.63, 3.8) is 0 Å². The van der Waals surface area contributed by atoms with E-state index in [-0.39, 0.29) is 6.03 Å². The second-order valence-corrected chi connectivity index (χ2v) is 6.48. The maximum Gasteiger partial charge on any atom is 0.319 e. The minimum atomic E-state index is 0.0739. The Morgan fingerprint density at radius 1 is 1.24 bits per heavy atom. The molecule has 0 atom stereocenters. The van der Waals surface area contributed by atoms with Gasteiger partial charge in [-0.2, -0.15) is 0 Å². The van der Waals surface area contributed by atoms with Gasteiger partial charge in [0.05, 0.1) is 10.7 Å². The number of hydrogen-bond donors (Lipinski definition) is 1. The number of piperidine rings is 1. The van der Waals surface area contributed by atoms with Crippen molar-refractivity contribution in [3.05, 3.63) is 27.7 Å². The van der Waals surface area contributed by atoms with E-state index in [0.717, 1.165) is 37.2 Å². The smallest absolute Gasteiger partial charge is 0.319 e. The first-order valence-corrected chi connectivity index (χ1v) is 7.82. The molecule has 21 heavy (non-hydrogen) atoms. The first kappa shape index (κ1) is 16.2.